The van der Waals surface area contributed by atoms with Crippen LogP contribution in [0, 0.1) is 0 Å². The fourth-order valence-corrected chi connectivity index (χ4v) is 3.90. The Morgan fingerprint density at radius 3 is 2.47 bits per heavy atom. The molecular weight excluding hydrogens is 432 g/mol. The molecule has 0 spiro atoms. The van der Waals surface area contributed by atoms with Crippen LogP contribution in [0.3, 0.4) is 0 Å². The molecule has 1 saturated heterocycles. The first kappa shape index (κ1) is 21.4. The van der Waals surface area contributed by atoms with Gasteiger partial charge >= 0.3 is 0 Å². The summed E-state index contributed by atoms with van der Waals surface area (Å²) in [5.74, 6) is -1.14. The van der Waals surface area contributed by atoms with E-state index >= 15 is 0 Å². The number of amides is 1. The highest BCUT2D eigenvalue weighted by atomic mass is 35.5. The molecule has 2 heterocycles. The zero-order chi connectivity index (χ0) is 22.8. The second-order valence-electron chi connectivity index (χ2n) is 7.00. The Morgan fingerprint density at radius 1 is 1.03 bits per heavy atom. The van der Waals surface area contributed by atoms with Gasteiger partial charge < -0.3 is 14.6 Å². The van der Waals surface area contributed by atoms with Crippen molar-refractivity contribution in [3.63, 3.8) is 0 Å². The molecule has 1 amide bonds. The molecule has 0 saturated carbocycles. The van der Waals surface area contributed by atoms with E-state index in [-0.39, 0.29) is 16.9 Å². The summed E-state index contributed by atoms with van der Waals surface area (Å²) in [6.07, 6.45) is 3.11. The average molecular weight is 451 g/mol. The summed E-state index contributed by atoms with van der Waals surface area (Å²) in [5, 5.41) is 11.6. The molecule has 1 fully saturated rings. The normalized spacial score (nSPS) is 17.5. The van der Waals surface area contributed by atoms with Crippen molar-refractivity contribution in [1.82, 2.24) is 4.98 Å². The summed E-state index contributed by atoms with van der Waals surface area (Å²) in [6, 6.07) is 13.9. The van der Waals surface area contributed by atoms with Gasteiger partial charge in [0.15, 0.2) is 0 Å². The van der Waals surface area contributed by atoms with Crippen molar-refractivity contribution in [2.75, 3.05) is 19.1 Å². The number of benzene rings is 2. The summed E-state index contributed by atoms with van der Waals surface area (Å²) in [6.45, 7) is 0. The summed E-state index contributed by atoms with van der Waals surface area (Å²) in [7, 11) is 2.95. The lowest BCUT2D eigenvalue weighted by Crippen LogP contribution is -2.29. The number of rotatable bonds is 5. The van der Waals surface area contributed by atoms with Gasteiger partial charge in [0.2, 0.25) is 0 Å². The monoisotopic (exact) mass is 450 g/mol. The van der Waals surface area contributed by atoms with Gasteiger partial charge in [0.25, 0.3) is 11.7 Å². The zero-order valence-electron chi connectivity index (χ0n) is 17.3. The van der Waals surface area contributed by atoms with Crippen LogP contribution in [0.5, 0.6) is 11.5 Å². The Morgan fingerprint density at radius 2 is 1.78 bits per heavy atom. The number of carbonyl (C=O) groups excluding carboxylic acids is 2. The molecule has 8 heteroatoms. The molecule has 1 N–H and O–H groups in total. The SMILES string of the molecule is COc1cccc(N2C(=O)C(=O)/C(=C(/O)c3cc(Cl)ccc3OC)C2c2ccncc2)c1. The largest absolute Gasteiger partial charge is 0.507 e. The molecule has 1 atom stereocenters. The molecule has 1 unspecified atom stereocenters. The number of pyridine rings is 1. The van der Waals surface area contributed by atoms with E-state index in [1.807, 2.05) is 0 Å². The summed E-state index contributed by atoms with van der Waals surface area (Å²) in [5.41, 5.74) is 1.18. The van der Waals surface area contributed by atoms with E-state index in [9.17, 15) is 14.7 Å². The number of ketones is 1. The first-order valence-corrected chi connectivity index (χ1v) is 10.0. The fourth-order valence-electron chi connectivity index (χ4n) is 3.73. The molecule has 4 rings (SSSR count). The maximum absolute atomic E-state index is 13.2. The van der Waals surface area contributed by atoms with E-state index in [1.165, 1.54) is 25.2 Å². The minimum Gasteiger partial charge on any atom is -0.507 e. The van der Waals surface area contributed by atoms with Crippen LogP contribution in [0.1, 0.15) is 17.2 Å². The summed E-state index contributed by atoms with van der Waals surface area (Å²) < 4.78 is 10.6. The lowest BCUT2D eigenvalue weighted by atomic mass is 9.95. The molecule has 3 aromatic rings. The number of Topliss-reactive ketones (excluding diaryl/α,β-unsaturated/α-hetero) is 1. The maximum Gasteiger partial charge on any atom is 0.300 e. The van der Waals surface area contributed by atoms with Crippen molar-refractivity contribution in [2.24, 2.45) is 0 Å². The number of hydrogen-bond donors (Lipinski definition) is 1. The number of aliphatic hydroxyl groups is 1. The number of carbonyl (C=O) groups is 2. The minimum absolute atomic E-state index is 0.0791. The highest BCUT2D eigenvalue weighted by molar-refractivity contribution is 6.51. The van der Waals surface area contributed by atoms with Crippen LogP contribution >= 0.6 is 11.6 Å². The number of aromatic nitrogens is 1. The number of methoxy groups -OCH3 is 2. The number of aliphatic hydroxyl groups excluding tert-OH is 1. The smallest absolute Gasteiger partial charge is 0.300 e. The molecule has 0 radical (unpaired) electrons. The molecule has 162 valence electrons. The zero-order valence-corrected chi connectivity index (χ0v) is 18.0. The van der Waals surface area contributed by atoms with E-state index in [0.717, 1.165) is 0 Å². The van der Waals surface area contributed by atoms with E-state index < -0.39 is 17.7 Å². The van der Waals surface area contributed by atoms with Gasteiger partial charge in [0.05, 0.1) is 31.4 Å². The van der Waals surface area contributed by atoms with Crippen LogP contribution in [0.15, 0.2) is 72.6 Å². The highest BCUT2D eigenvalue weighted by Gasteiger charge is 2.47. The number of nitrogens with zero attached hydrogens (tertiary/aromatic N) is 2. The quantitative estimate of drug-likeness (QED) is 0.352. The second kappa shape index (κ2) is 8.72. The van der Waals surface area contributed by atoms with Crippen molar-refractivity contribution in [2.45, 2.75) is 6.04 Å². The minimum atomic E-state index is -0.895. The molecule has 7 nitrogen and oxygen atoms in total. The Balaban J connectivity index is 1.98. The number of ether oxygens (including phenoxy) is 2. The topological polar surface area (TPSA) is 89.0 Å². The van der Waals surface area contributed by atoms with Crippen molar-refractivity contribution in [3.05, 3.63) is 88.7 Å². The predicted octanol–water partition coefficient (Wildman–Crippen LogP) is 4.38. The van der Waals surface area contributed by atoms with Gasteiger partial charge in [-0.15, -0.1) is 0 Å². The molecular formula is C24H19ClN2O5. The van der Waals surface area contributed by atoms with Crippen LogP contribution in [-0.2, 0) is 9.59 Å². The predicted molar refractivity (Wildman–Crippen MR) is 120 cm³/mol. The Labute approximate surface area is 189 Å². The third-order valence-corrected chi connectivity index (χ3v) is 5.45. The number of anilines is 1. The van der Waals surface area contributed by atoms with E-state index in [2.05, 4.69) is 4.98 Å². The molecule has 0 bridgehead atoms. The molecule has 1 aliphatic rings. The van der Waals surface area contributed by atoms with Gasteiger partial charge in [0.1, 0.15) is 17.3 Å². The van der Waals surface area contributed by atoms with Crippen LogP contribution in [-0.4, -0.2) is 36.0 Å². The molecule has 32 heavy (non-hydrogen) atoms. The van der Waals surface area contributed by atoms with Crippen molar-refractivity contribution < 1.29 is 24.2 Å². The van der Waals surface area contributed by atoms with Gasteiger partial charge in [-0.05, 0) is 48.0 Å². The lowest BCUT2D eigenvalue weighted by Gasteiger charge is -2.25. The first-order chi connectivity index (χ1) is 15.5. The van der Waals surface area contributed by atoms with Gasteiger partial charge in [-0.25, -0.2) is 0 Å². The molecule has 0 aliphatic carbocycles. The second-order valence-corrected chi connectivity index (χ2v) is 7.43. The highest BCUT2D eigenvalue weighted by Crippen LogP contribution is 2.43. The Hall–Kier alpha value is -3.84. The lowest BCUT2D eigenvalue weighted by molar-refractivity contribution is -0.132. The van der Waals surface area contributed by atoms with E-state index in [4.69, 9.17) is 21.1 Å². The van der Waals surface area contributed by atoms with Crippen molar-refractivity contribution in [1.29, 1.82) is 0 Å². The molecule has 1 aliphatic heterocycles. The van der Waals surface area contributed by atoms with Crippen molar-refractivity contribution in [3.8, 4) is 11.5 Å². The Kier molecular flexibility index (Phi) is 5.83. The van der Waals surface area contributed by atoms with Crippen molar-refractivity contribution >= 4 is 34.7 Å². The van der Waals surface area contributed by atoms with Gasteiger partial charge in [-0.1, -0.05) is 17.7 Å². The number of halogens is 1. The van der Waals surface area contributed by atoms with Gasteiger partial charge in [0, 0.05) is 29.2 Å². The first-order valence-electron chi connectivity index (χ1n) is 9.65. The van der Waals surface area contributed by atoms with Crippen LogP contribution in [0.25, 0.3) is 5.76 Å². The average Bonchev–Trinajstić information content (AvgIpc) is 3.09. The standard InChI is InChI=1S/C24H19ClN2O5/c1-31-17-5-3-4-16(13-17)27-21(14-8-10-26-11-9-14)20(23(29)24(27)30)22(28)18-12-15(25)6-7-19(18)32-2/h3-13,21,28H,1-2H3/b22-20+. The maximum atomic E-state index is 13.2. The van der Waals surface area contributed by atoms with Gasteiger partial charge in [-0.3, -0.25) is 19.5 Å². The van der Waals surface area contributed by atoms with Crippen LogP contribution in [0.2, 0.25) is 5.02 Å². The third-order valence-electron chi connectivity index (χ3n) is 5.21. The van der Waals surface area contributed by atoms with E-state index in [1.54, 1.807) is 60.9 Å². The summed E-state index contributed by atoms with van der Waals surface area (Å²) in [4.78, 5) is 31.7. The summed E-state index contributed by atoms with van der Waals surface area (Å²) >= 11 is 6.13. The Bertz CT molecular complexity index is 1230. The number of hydrogen-bond acceptors (Lipinski definition) is 6. The fraction of sp³-hybridized carbons (Fsp3) is 0.125. The third kappa shape index (κ3) is 3.67. The van der Waals surface area contributed by atoms with Crippen LogP contribution < -0.4 is 14.4 Å². The van der Waals surface area contributed by atoms with Gasteiger partial charge in [-0.2, -0.15) is 0 Å². The van der Waals surface area contributed by atoms with Crippen LogP contribution in [0.4, 0.5) is 5.69 Å². The van der Waals surface area contributed by atoms with E-state index in [0.29, 0.717) is 27.8 Å². The molecule has 1 aromatic heterocycles. The molecule has 2 aromatic carbocycles.